The number of nitrogens with zero attached hydrogens (tertiary/aromatic N) is 3. The van der Waals surface area contributed by atoms with Crippen LogP contribution in [0.2, 0.25) is 0 Å². The van der Waals surface area contributed by atoms with Gasteiger partial charge in [0, 0.05) is 18.9 Å². The van der Waals surface area contributed by atoms with Gasteiger partial charge >= 0.3 is 0 Å². The van der Waals surface area contributed by atoms with E-state index in [1.54, 1.807) is 12.5 Å². The summed E-state index contributed by atoms with van der Waals surface area (Å²) in [6.45, 7) is 11.1. The van der Waals surface area contributed by atoms with Crippen LogP contribution < -0.4 is 5.32 Å². The molecule has 0 fully saturated rings. The first-order chi connectivity index (χ1) is 10.3. The number of nitrogens with one attached hydrogen (secondary N) is 1. The van der Waals surface area contributed by atoms with E-state index < -0.39 is 0 Å². The molecule has 1 N–H and O–H groups in total. The topological polar surface area (TPSA) is 59.8 Å². The van der Waals surface area contributed by atoms with Crippen LogP contribution in [0.4, 0.5) is 0 Å². The summed E-state index contributed by atoms with van der Waals surface area (Å²) in [5.41, 5.74) is 0.835. The zero-order valence-electron chi connectivity index (χ0n) is 13.9. The Kier molecular flexibility index (Phi) is 5.01. The van der Waals surface area contributed by atoms with Gasteiger partial charge in [0.05, 0.1) is 23.1 Å². The molecule has 2 heterocycles. The summed E-state index contributed by atoms with van der Waals surface area (Å²) in [6, 6.07) is 0.0151. The molecule has 6 heteroatoms. The quantitative estimate of drug-likeness (QED) is 0.921. The summed E-state index contributed by atoms with van der Waals surface area (Å²) >= 11 is 1.47. The van der Waals surface area contributed by atoms with E-state index in [2.05, 4.69) is 36.1 Å². The van der Waals surface area contributed by atoms with Gasteiger partial charge in [-0.05, 0) is 18.8 Å². The first-order valence-electron chi connectivity index (χ1n) is 7.54. The smallest absolute Gasteiger partial charge is 0.263 e. The molecule has 2 aromatic rings. The largest absolute Gasteiger partial charge is 0.346 e. The van der Waals surface area contributed by atoms with Gasteiger partial charge in [-0.3, -0.25) is 4.79 Å². The molecule has 1 amide bonds. The second kappa shape index (κ2) is 6.60. The number of carbonyl (C=O) groups excluding carboxylic acids is 1. The molecule has 0 aliphatic heterocycles. The third-order valence-corrected chi connectivity index (χ3v) is 4.66. The Morgan fingerprint density at radius 2 is 2.18 bits per heavy atom. The lowest BCUT2D eigenvalue weighted by molar-refractivity contribution is 0.0895. The zero-order chi connectivity index (χ0) is 16.3. The van der Waals surface area contributed by atoms with Crippen molar-refractivity contribution in [1.29, 1.82) is 0 Å². The lowest BCUT2D eigenvalue weighted by atomic mass is 9.86. The van der Waals surface area contributed by atoms with Crippen molar-refractivity contribution in [2.24, 2.45) is 5.41 Å². The minimum atomic E-state index is -0.0496. The summed E-state index contributed by atoms with van der Waals surface area (Å²) in [5, 5.41) is 4.12. The highest BCUT2D eigenvalue weighted by Gasteiger charge is 2.28. The van der Waals surface area contributed by atoms with Crippen LogP contribution in [0.3, 0.4) is 0 Å². The first kappa shape index (κ1) is 16.7. The molecular formula is C16H24N4OS. The summed E-state index contributed by atoms with van der Waals surface area (Å²) in [4.78, 5) is 21.9. The van der Waals surface area contributed by atoms with Crippen LogP contribution in [-0.2, 0) is 13.0 Å². The van der Waals surface area contributed by atoms with Crippen LogP contribution in [-0.4, -0.2) is 26.5 Å². The number of carbonyl (C=O) groups is 1. The molecule has 0 aliphatic carbocycles. The minimum absolute atomic E-state index is 0.0151. The Labute approximate surface area is 135 Å². The van der Waals surface area contributed by atoms with E-state index in [9.17, 15) is 4.79 Å². The van der Waals surface area contributed by atoms with Crippen molar-refractivity contribution >= 4 is 17.2 Å². The van der Waals surface area contributed by atoms with Crippen molar-refractivity contribution in [2.75, 3.05) is 0 Å². The van der Waals surface area contributed by atoms with Gasteiger partial charge in [0.25, 0.3) is 5.91 Å². The first-order valence-corrected chi connectivity index (χ1v) is 8.35. The van der Waals surface area contributed by atoms with Crippen LogP contribution in [0, 0.1) is 12.3 Å². The SMILES string of the molecule is CCc1nc(C)sc1C(=O)N[C@@H](Cn1ccnc1)C(C)(C)C. The van der Waals surface area contributed by atoms with Crippen LogP contribution in [0.5, 0.6) is 0 Å². The molecule has 22 heavy (non-hydrogen) atoms. The number of amides is 1. The van der Waals surface area contributed by atoms with Gasteiger partial charge in [-0.2, -0.15) is 0 Å². The molecule has 5 nitrogen and oxygen atoms in total. The standard InChI is InChI=1S/C16H24N4OS/c1-6-12-14(22-11(2)18-12)15(21)19-13(16(3,4)5)9-20-8-7-17-10-20/h7-8,10,13H,6,9H2,1-5H3,(H,19,21)/t13-/m0/s1. The van der Waals surface area contributed by atoms with Gasteiger partial charge in [0.2, 0.25) is 0 Å². The number of aryl methyl sites for hydroxylation is 2. The van der Waals surface area contributed by atoms with Crippen LogP contribution >= 0.6 is 11.3 Å². The Morgan fingerprint density at radius 1 is 1.45 bits per heavy atom. The highest BCUT2D eigenvalue weighted by Crippen LogP contribution is 2.23. The van der Waals surface area contributed by atoms with Gasteiger partial charge in [-0.1, -0.05) is 27.7 Å². The molecule has 0 aliphatic rings. The number of aromatic nitrogens is 3. The Morgan fingerprint density at radius 3 is 2.73 bits per heavy atom. The Bertz CT molecular complexity index is 625. The van der Waals surface area contributed by atoms with Gasteiger partial charge in [-0.25, -0.2) is 9.97 Å². The number of hydrogen-bond acceptors (Lipinski definition) is 4. The normalized spacial score (nSPS) is 13.1. The van der Waals surface area contributed by atoms with E-state index in [-0.39, 0.29) is 17.4 Å². The fourth-order valence-corrected chi connectivity index (χ4v) is 3.16. The molecule has 0 saturated carbocycles. The highest BCUT2D eigenvalue weighted by atomic mass is 32.1. The Balaban J connectivity index is 2.17. The third kappa shape index (κ3) is 3.94. The summed E-state index contributed by atoms with van der Waals surface area (Å²) in [5.74, 6) is -0.0255. The van der Waals surface area contributed by atoms with Gasteiger partial charge < -0.3 is 9.88 Å². The van der Waals surface area contributed by atoms with Crippen LogP contribution in [0.25, 0.3) is 0 Å². The fraction of sp³-hybridized carbons (Fsp3) is 0.562. The van der Waals surface area contributed by atoms with Gasteiger partial charge in [-0.15, -0.1) is 11.3 Å². The van der Waals surface area contributed by atoms with E-state index >= 15 is 0 Å². The fourth-order valence-electron chi connectivity index (χ4n) is 2.25. The second-order valence-corrected chi connectivity index (χ2v) is 7.72. The lowest BCUT2D eigenvalue weighted by Gasteiger charge is -2.31. The minimum Gasteiger partial charge on any atom is -0.346 e. The number of rotatable bonds is 5. The molecule has 0 radical (unpaired) electrons. The monoisotopic (exact) mass is 320 g/mol. The molecule has 120 valence electrons. The van der Waals surface area contributed by atoms with E-state index in [0.717, 1.165) is 22.0 Å². The molecule has 0 unspecified atom stereocenters. The molecule has 0 aromatic carbocycles. The average molecular weight is 320 g/mol. The van der Waals surface area contributed by atoms with E-state index in [0.29, 0.717) is 6.54 Å². The number of imidazole rings is 1. The zero-order valence-corrected chi connectivity index (χ0v) is 14.7. The molecule has 0 saturated heterocycles. The van der Waals surface area contributed by atoms with Gasteiger partial charge in [0.15, 0.2) is 0 Å². The molecular weight excluding hydrogens is 296 g/mol. The number of thiazole rings is 1. The maximum absolute atomic E-state index is 12.7. The van der Waals surface area contributed by atoms with E-state index in [4.69, 9.17) is 0 Å². The Hall–Kier alpha value is -1.69. The van der Waals surface area contributed by atoms with Crippen molar-refractivity contribution in [2.45, 2.75) is 53.6 Å². The molecule has 2 rings (SSSR count). The molecule has 0 bridgehead atoms. The van der Waals surface area contributed by atoms with Crippen molar-refractivity contribution in [3.05, 3.63) is 34.3 Å². The number of hydrogen-bond donors (Lipinski definition) is 1. The van der Waals surface area contributed by atoms with Crippen LogP contribution in [0.1, 0.15) is 48.1 Å². The summed E-state index contributed by atoms with van der Waals surface area (Å²) < 4.78 is 1.99. The van der Waals surface area contributed by atoms with Crippen molar-refractivity contribution in [3.8, 4) is 0 Å². The molecule has 1 atom stereocenters. The maximum atomic E-state index is 12.7. The highest BCUT2D eigenvalue weighted by molar-refractivity contribution is 7.13. The second-order valence-electron chi connectivity index (χ2n) is 6.51. The lowest BCUT2D eigenvalue weighted by Crippen LogP contribution is -2.46. The van der Waals surface area contributed by atoms with Crippen molar-refractivity contribution in [1.82, 2.24) is 19.9 Å². The van der Waals surface area contributed by atoms with E-state index in [1.807, 2.05) is 24.6 Å². The van der Waals surface area contributed by atoms with Crippen molar-refractivity contribution < 1.29 is 4.79 Å². The predicted octanol–water partition coefficient (Wildman–Crippen LogP) is 3.06. The van der Waals surface area contributed by atoms with Crippen LogP contribution in [0.15, 0.2) is 18.7 Å². The predicted molar refractivity (Wildman–Crippen MR) is 89.2 cm³/mol. The molecule has 2 aromatic heterocycles. The van der Waals surface area contributed by atoms with Gasteiger partial charge in [0.1, 0.15) is 4.88 Å². The van der Waals surface area contributed by atoms with E-state index in [1.165, 1.54) is 11.3 Å². The van der Waals surface area contributed by atoms with Crippen molar-refractivity contribution in [3.63, 3.8) is 0 Å². The average Bonchev–Trinajstić information content (AvgIpc) is 3.05. The summed E-state index contributed by atoms with van der Waals surface area (Å²) in [7, 11) is 0. The summed E-state index contributed by atoms with van der Waals surface area (Å²) in [6.07, 6.45) is 6.22. The molecule has 0 spiro atoms. The maximum Gasteiger partial charge on any atom is 0.263 e. The third-order valence-electron chi connectivity index (χ3n) is 3.65.